The summed E-state index contributed by atoms with van der Waals surface area (Å²) in [5.74, 6) is 1.23. The molecule has 0 bridgehead atoms. The van der Waals surface area contributed by atoms with Crippen LogP contribution >= 0.6 is 0 Å². The maximum Gasteiger partial charge on any atom is 0.188 e. The molecule has 0 radical (unpaired) electrons. The largest absolute Gasteiger partial charge is 0.370 e. The lowest BCUT2D eigenvalue weighted by molar-refractivity contribution is 0.827. The van der Waals surface area contributed by atoms with E-state index >= 15 is 0 Å². The molecule has 0 amide bonds. The first-order valence-electron chi connectivity index (χ1n) is 7.68. The lowest BCUT2D eigenvalue weighted by Gasteiger charge is -2.06. The van der Waals surface area contributed by atoms with Crippen LogP contribution in [0.3, 0.4) is 0 Å². The summed E-state index contributed by atoms with van der Waals surface area (Å²) >= 11 is 0. The van der Waals surface area contributed by atoms with Crippen LogP contribution in [0.25, 0.3) is 5.82 Å². The molecule has 0 aliphatic rings. The molecule has 0 saturated carbocycles. The van der Waals surface area contributed by atoms with E-state index in [0.717, 1.165) is 23.5 Å². The van der Waals surface area contributed by atoms with Gasteiger partial charge in [-0.3, -0.25) is 9.55 Å². The molecule has 3 aromatic heterocycles. The molecule has 7 heteroatoms. The summed E-state index contributed by atoms with van der Waals surface area (Å²) in [6, 6.07) is 9.75. The number of nitrogens with zero attached hydrogens (tertiary/aromatic N) is 5. The van der Waals surface area contributed by atoms with Gasteiger partial charge in [-0.2, -0.15) is 0 Å². The minimum absolute atomic E-state index is 0.423. The number of guanidine groups is 1. The summed E-state index contributed by atoms with van der Waals surface area (Å²) in [4.78, 5) is 17.0. The highest BCUT2D eigenvalue weighted by atomic mass is 15.1. The molecule has 3 heterocycles. The third-order valence-corrected chi connectivity index (χ3v) is 3.42. The van der Waals surface area contributed by atoms with Gasteiger partial charge in [-0.15, -0.1) is 0 Å². The zero-order valence-corrected chi connectivity index (χ0v) is 13.2. The van der Waals surface area contributed by atoms with Gasteiger partial charge in [-0.25, -0.2) is 15.0 Å². The number of nitrogens with two attached hydrogens (primary N) is 1. The van der Waals surface area contributed by atoms with Gasteiger partial charge < -0.3 is 11.1 Å². The highest BCUT2D eigenvalue weighted by Crippen LogP contribution is 2.07. The van der Waals surface area contributed by atoms with Crippen molar-refractivity contribution in [2.24, 2.45) is 10.7 Å². The van der Waals surface area contributed by atoms with Crippen molar-refractivity contribution in [3.05, 3.63) is 72.7 Å². The molecule has 24 heavy (non-hydrogen) atoms. The van der Waals surface area contributed by atoms with Crippen LogP contribution in [0, 0.1) is 0 Å². The van der Waals surface area contributed by atoms with Crippen molar-refractivity contribution >= 4 is 5.96 Å². The molecule has 0 aromatic carbocycles. The first-order valence-corrected chi connectivity index (χ1v) is 7.68. The zero-order valence-electron chi connectivity index (χ0n) is 13.2. The Morgan fingerprint density at radius 3 is 2.92 bits per heavy atom. The van der Waals surface area contributed by atoms with Crippen LogP contribution in [0.4, 0.5) is 0 Å². The highest BCUT2D eigenvalue weighted by molar-refractivity contribution is 5.77. The normalized spacial score (nSPS) is 11.4. The predicted octanol–water partition coefficient (Wildman–Crippen LogP) is 1.31. The predicted molar refractivity (Wildman–Crippen MR) is 92.6 cm³/mol. The third kappa shape index (κ3) is 4.39. The van der Waals surface area contributed by atoms with Gasteiger partial charge in [0.05, 0.1) is 6.54 Å². The molecule has 0 fully saturated rings. The van der Waals surface area contributed by atoms with E-state index in [1.807, 2.05) is 41.1 Å². The Morgan fingerprint density at radius 2 is 2.12 bits per heavy atom. The first kappa shape index (κ1) is 15.7. The first-order chi connectivity index (χ1) is 11.8. The second-order valence-corrected chi connectivity index (χ2v) is 5.19. The molecule has 0 aliphatic carbocycles. The third-order valence-electron chi connectivity index (χ3n) is 3.42. The fourth-order valence-electron chi connectivity index (χ4n) is 2.19. The van der Waals surface area contributed by atoms with Gasteiger partial charge in [0.25, 0.3) is 0 Å². The van der Waals surface area contributed by atoms with E-state index < -0.39 is 0 Å². The van der Waals surface area contributed by atoms with E-state index in [1.165, 1.54) is 0 Å². The van der Waals surface area contributed by atoms with Crippen LogP contribution in [0.1, 0.15) is 11.3 Å². The second-order valence-electron chi connectivity index (χ2n) is 5.19. The SMILES string of the molecule is NC(=NCc1ccnc(-n2ccnc2)c1)NCCc1ccccn1. The van der Waals surface area contributed by atoms with Crippen molar-refractivity contribution in [1.82, 2.24) is 24.8 Å². The summed E-state index contributed by atoms with van der Waals surface area (Å²) in [6.45, 7) is 1.19. The molecule has 3 rings (SSSR count). The minimum atomic E-state index is 0.423. The minimum Gasteiger partial charge on any atom is -0.370 e. The van der Waals surface area contributed by atoms with Crippen LogP contribution in [0.2, 0.25) is 0 Å². The molecule has 0 saturated heterocycles. The Hall–Kier alpha value is -3.22. The quantitative estimate of drug-likeness (QED) is 0.527. The molecule has 0 atom stereocenters. The van der Waals surface area contributed by atoms with Crippen LogP contribution in [-0.2, 0) is 13.0 Å². The van der Waals surface area contributed by atoms with E-state index in [-0.39, 0.29) is 0 Å². The molecule has 0 unspecified atom stereocenters. The van der Waals surface area contributed by atoms with Crippen molar-refractivity contribution in [3.63, 3.8) is 0 Å². The molecular weight excluding hydrogens is 302 g/mol. The van der Waals surface area contributed by atoms with Crippen molar-refractivity contribution in [2.45, 2.75) is 13.0 Å². The van der Waals surface area contributed by atoms with Gasteiger partial charge in [-0.05, 0) is 29.8 Å². The molecule has 0 spiro atoms. The van der Waals surface area contributed by atoms with E-state index in [4.69, 9.17) is 5.73 Å². The monoisotopic (exact) mass is 321 g/mol. The summed E-state index contributed by atoms with van der Waals surface area (Å²) in [6.07, 6.45) is 9.62. The van der Waals surface area contributed by atoms with Gasteiger partial charge in [0, 0.05) is 43.4 Å². The molecule has 0 aliphatic heterocycles. The van der Waals surface area contributed by atoms with Crippen LogP contribution in [0.5, 0.6) is 0 Å². The number of aromatic nitrogens is 4. The van der Waals surface area contributed by atoms with Gasteiger partial charge in [-0.1, -0.05) is 6.07 Å². The van der Waals surface area contributed by atoms with Gasteiger partial charge in [0.2, 0.25) is 0 Å². The lowest BCUT2D eigenvalue weighted by atomic mass is 10.2. The molecule has 3 aromatic rings. The number of nitrogens with one attached hydrogen (secondary N) is 1. The van der Waals surface area contributed by atoms with Crippen LogP contribution in [0.15, 0.2) is 66.4 Å². The number of imidazole rings is 1. The Morgan fingerprint density at radius 1 is 1.17 bits per heavy atom. The van der Waals surface area contributed by atoms with E-state index in [2.05, 4.69) is 25.3 Å². The maximum absolute atomic E-state index is 5.91. The Kier molecular flexibility index (Phi) is 5.14. The fraction of sp³-hybridized carbons (Fsp3) is 0.176. The number of rotatable bonds is 6. The van der Waals surface area contributed by atoms with Crippen molar-refractivity contribution in [3.8, 4) is 5.82 Å². The fourth-order valence-corrected chi connectivity index (χ4v) is 2.19. The van der Waals surface area contributed by atoms with Crippen molar-refractivity contribution in [2.75, 3.05) is 6.54 Å². The Balaban J connectivity index is 1.52. The smallest absolute Gasteiger partial charge is 0.188 e. The number of hydrogen-bond donors (Lipinski definition) is 2. The maximum atomic E-state index is 5.91. The highest BCUT2D eigenvalue weighted by Gasteiger charge is 2.00. The average molecular weight is 321 g/mol. The van der Waals surface area contributed by atoms with Gasteiger partial charge in [0.15, 0.2) is 5.96 Å². The van der Waals surface area contributed by atoms with Gasteiger partial charge >= 0.3 is 0 Å². The number of pyridine rings is 2. The summed E-state index contributed by atoms with van der Waals surface area (Å²) in [7, 11) is 0. The Bertz CT molecular complexity index is 782. The summed E-state index contributed by atoms with van der Waals surface area (Å²) in [5, 5.41) is 3.10. The van der Waals surface area contributed by atoms with E-state index in [9.17, 15) is 0 Å². The zero-order chi connectivity index (χ0) is 16.6. The molecule has 122 valence electrons. The topological polar surface area (TPSA) is 94.0 Å². The Labute approximate surface area is 140 Å². The molecule has 7 nitrogen and oxygen atoms in total. The number of hydrogen-bond acceptors (Lipinski definition) is 4. The summed E-state index contributed by atoms with van der Waals surface area (Å²) in [5.41, 5.74) is 7.96. The molecule has 3 N–H and O–H groups in total. The van der Waals surface area contributed by atoms with Crippen LogP contribution in [-0.4, -0.2) is 32.0 Å². The van der Waals surface area contributed by atoms with Crippen molar-refractivity contribution < 1.29 is 0 Å². The van der Waals surface area contributed by atoms with Gasteiger partial charge in [0.1, 0.15) is 12.1 Å². The van der Waals surface area contributed by atoms with Crippen molar-refractivity contribution in [1.29, 1.82) is 0 Å². The molecular formula is C17H19N7. The van der Waals surface area contributed by atoms with E-state index in [1.54, 1.807) is 24.9 Å². The van der Waals surface area contributed by atoms with E-state index in [0.29, 0.717) is 19.0 Å². The summed E-state index contributed by atoms with van der Waals surface area (Å²) < 4.78 is 1.85. The second kappa shape index (κ2) is 7.87. The average Bonchev–Trinajstić information content (AvgIpc) is 3.16. The lowest BCUT2D eigenvalue weighted by Crippen LogP contribution is -2.33. The van der Waals surface area contributed by atoms with Crippen LogP contribution < -0.4 is 11.1 Å². The number of aliphatic imine (C=N–C) groups is 1. The standard InChI is InChI=1S/C17H19N7/c18-17(22-8-5-15-3-1-2-6-20-15)23-12-14-4-7-21-16(11-14)24-10-9-19-13-24/h1-4,6-7,9-11,13H,5,8,12H2,(H3,18,22,23).